The maximum absolute atomic E-state index is 13.4. The van der Waals surface area contributed by atoms with Crippen LogP contribution in [0.2, 0.25) is 0 Å². The van der Waals surface area contributed by atoms with E-state index < -0.39 is 5.91 Å². The minimum atomic E-state index is -0.407. The molecule has 0 fully saturated rings. The Kier molecular flexibility index (Phi) is 7.65. The minimum absolute atomic E-state index is 0.0738. The third-order valence-electron chi connectivity index (χ3n) is 4.94. The van der Waals surface area contributed by atoms with Crippen LogP contribution in [0.3, 0.4) is 0 Å². The number of benzene rings is 3. The molecule has 0 aliphatic rings. The third-order valence-corrected chi connectivity index (χ3v) is 4.94. The summed E-state index contributed by atoms with van der Waals surface area (Å²) >= 11 is 0. The number of anilines is 2. The van der Waals surface area contributed by atoms with E-state index in [1.807, 2.05) is 89.8 Å². The highest BCUT2D eigenvalue weighted by Gasteiger charge is 2.20. The number of hydrogen-bond acceptors (Lipinski definition) is 4. The highest BCUT2D eigenvalue weighted by Crippen LogP contribution is 2.22. The molecule has 0 bridgehead atoms. The van der Waals surface area contributed by atoms with E-state index in [9.17, 15) is 9.59 Å². The first-order chi connectivity index (χ1) is 15.1. The number of hydrogen-bond donors (Lipinski definition) is 1. The van der Waals surface area contributed by atoms with Gasteiger partial charge in [-0.3, -0.25) is 9.59 Å². The molecule has 0 spiro atoms. The van der Waals surface area contributed by atoms with Gasteiger partial charge in [0.1, 0.15) is 5.75 Å². The molecule has 0 aliphatic heterocycles. The zero-order chi connectivity index (χ0) is 22.1. The van der Waals surface area contributed by atoms with E-state index in [0.29, 0.717) is 13.1 Å². The molecule has 2 amide bonds. The summed E-state index contributed by atoms with van der Waals surface area (Å²) in [5, 5.41) is 0. The van der Waals surface area contributed by atoms with Crippen LogP contribution in [0.5, 0.6) is 5.75 Å². The van der Waals surface area contributed by atoms with Crippen molar-refractivity contribution in [3.63, 3.8) is 0 Å². The zero-order valence-electron chi connectivity index (χ0n) is 17.6. The highest BCUT2D eigenvalue weighted by atomic mass is 16.5. The van der Waals surface area contributed by atoms with E-state index in [4.69, 9.17) is 10.5 Å². The van der Waals surface area contributed by atoms with Gasteiger partial charge in [-0.05, 0) is 42.0 Å². The molecule has 160 valence electrons. The Hall–Kier alpha value is -3.80. The topological polar surface area (TPSA) is 75.9 Å². The SMILES string of the molecule is COc1ccc(N(CCC(N)=O)CC(=O)N(Cc2ccccc2)c2ccccc2)cc1. The van der Waals surface area contributed by atoms with E-state index in [-0.39, 0.29) is 18.9 Å². The van der Waals surface area contributed by atoms with Crippen LogP contribution in [-0.4, -0.2) is 32.0 Å². The van der Waals surface area contributed by atoms with Crippen molar-refractivity contribution in [2.75, 3.05) is 30.0 Å². The lowest BCUT2D eigenvalue weighted by atomic mass is 10.2. The molecule has 0 heterocycles. The van der Waals surface area contributed by atoms with Crippen molar-refractivity contribution >= 4 is 23.2 Å². The normalized spacial score (nSPS) is 10.4. The van der Waals surface area contributed by atoms with E-state index in [1.54, 1.807) is 12.0 Å². The molecule has 6 nitrogen and oxygen atoms in total. The Morgan fingerprint density at radius 3 is 2.03 bits per heavy atom. The molecule has 31 heavy (non-hydrogen) atoms. The molecular formula is C25H27N3O3. The Morgan fingerprint density at radius 2 is 1.45 bits per heavy atom. The quantitative estimate of drug-likeness (QED) is 0.547. The molecule has 6 heteroatoms. The summed E-state index contributed by atoms with van der Waals surface area (Å²) in [7, 11) is 1.60. The summed E-state index contributed by atoms with van der Waals surface area (Å²) in [6.45, 7) is 0.915. The van der Waals surface area contributed by atoms with Gasteiger partial charge in [0, 0.05) is 24.3 Å². The summed E-state index contributed by atoms with van der Waals surface area (Å²) in [5.74, 6) is 0.241. The molecular weight excluding hydrogens is 390 g/mol. The second-order valence-corrected chi connectivity index (χ2v) is 7.14. The first-order valence-electron chi connectivity index (χ1n) is 10.1. The second kappa shape index (κ2) is 10.8. The van der Waals surface area contributed by atoms with Gasteiger partial charge in [0.25, 0.3) is 0 Å². The van der Waals surface area contributed by atoms with Gasteiger partial charge in [-0.25, -0.2) is 0 Å². The summed E-state index contributed by atoms with van der Waals surface area (Å²) in [6, 6.07) is 26.8. The number of nitrogens with zero attached hydrogens (tertiary/aromatic N) is 2. The van der Waals surface area contributed by atoms with Gasteiger partial charge in [0.05, 0.1) is 20.2 Å². The minimum Gasteiger partial charge on any atom is -0.497 e. The van der Waals surface area contributed by atoms with Gasteiger partial charge in [-0.1, -0.05) is 48.5 Å². The third kappa shape index (κ3) is 6.34. The monoisotopic (exact) mass is 417 g/mol. The number of nitrogens with two attached hydrogens (primary N) is 1. The molecule has 0 radical (unpaired) electrons. The number of carbonyl (C=O) groups is 2. The van der Waals surface area contributed by atoms with Gasteiger partial charge in [0.2, 0.25) is 11.8 Å². The Balaban J connectivity index is 1.85. The predicted octanol–water partition coefficient (Wildman–Crippen LogP) is 3.61. The van der Waals surface area contributed by atoms with Crippen molar-refractivity contribution in [1.29, 1.82) is 0 Å². The average Bonchev–Trinajstić information content (AvgIpc) is 2.81. The maximum Gasteiger partial charge on any atom is 0.246 e. The second-order valence-electron chi connectivity index (χ2n) is 7.14. The molecule has 0 atom stereocenters. The average molecular weight is 418 g/mol. The summed E-state index contributed by atoms with van der Waals surface area (Å²) in [4.78, 5) is 28.5. The Morgan fingerprint density at radius 1 is 0.839 bits per heavy atom. The fourth-order valence-electron chi connectivity index (χ4n) is 3.28. The molecule has 0 aromatic heterocycles. The molecule has 3 rings (SSSR count). The van der Waals surface area contributed by atoms with Crippen molar-refractivity contribution < 1.29 is 14.3 Å². The van der Waals surface area contributed by atoms with Crippen LogP contribution in [0.4, 0.5) is 11.4 Å². The van der Waals surface area contributed by atoms with Crippen molar-refractivity contribution in [2.24, 2.45) is 5.73 Å². The van der Waals surface area contributed by atoms with Crippen LogP contribution in [0.1, 0.15) is 12.0 Å². The fraction of sp³-hybridized carbons (Fsp3) is 0.200. The lowest BCUT2D eigenvalue weighted by Gasteiger charge is -2.29. The van der Waals surface area contributed by atoms with Crippen LogP contribution in [-0.2, 0) is 16.1 Å². The van der Waals surface area contributed by atoms with Crippen molar-refractivity contribution in [1.82, 2.24) is 0 Å². The summed E-state index contributed by atoms with van der Waals surface area (Å²) in [5.41, 5.74) is 8.05. The largest absolute Gasteiger partial charge is 0.497 e. The highest BCUT2D eigenvalue weighted by molar-refractivity contribution is 5.96. The molecule has 0 saturated heterocycles. The van der Waals surface area contributed by atoms with Gasteiger partial charge >= 0.3 is 0 Å². The van der Waals surface area contributed by atoms with Gasteiger partial charge in [-0.15, -0.1) is 0 Å². The first kappa shape index (κ1) is 21.9. The van der Waals surface area contributed by atoms with Crippen molar-refractivity contribution in [3.05, 3.63) is 90.5 Å². The number of ether oxygens (including phenoxy) is 1. The number of amides is 2. The van der Waals surface area contributed by atoms with E-state index in [0.717, 1.165) is 22.7 Å². The molecule has 0 saturated carbocycles. The van der Waals surface area contributed by atoms with Gasteiger partial charge < -0.3 is 20.3 Å². The van der Waals surface area contributed by atoms with Crippen LogP contribution >= 0.6 is 0 Å². The Bertz CT molecular complexity index is 976. The maximum atomic E-state index is 13.4. The Labute approximate surface area is 182 Å². The van der Waals surface area contributed by atoms with Crippen molar-refractivity contribution in [3.8, 4) is 5.75 Å². The summed E-state index contributed by atoms with van der Waals surface area (Å²) in [6.07, 6.45) is 0.156. The summed E-state index contributed by atoms with van der Waals surface area (Å²) < 4.78 is 5.22. The number of methoxy groups -OCH3 is 1. The van der Waals surface area contributed by atoms with E-state index in [2.05, 4.69) is 0 Å². The standard InChI is InChI=1S/C25H27N3O3/c1-31-23-14-12-21(13-15-23)27(17-16-24(26)29)19-25(30)28(22-10-6-3-7-11-22)18-20-8-4-2-5-9-20/h2-15H,16-19H2,1H3,(H2,26,29). The van der Waals surface area contributed by atoms with Crippen LogP contribution in [0, 0.1) is 0 Å². The molecule has 0 aliphatic carbocycles. The number of primary amides is 1. The molecule has 2 N–H and O–H groups in total. The molecule has 0 unspecified atom stereocenters. The van der Waals surface area contributed by atoms with Crippen LogP contribution in [0.15, 0.2) is 84.9 Å². The molecule has 3 aromatic rings. The van der Waals surface area contributed by atoms with Crippen LogP contribution in [0.25, 0.3) is 0 Å². The van der Waals surface area contributed by atoms with Crippen LogP contribution < -0.4 is 20.3 Å². The van der Waals surface area contributed by atoms with E-state index in [1.165, 1.54) is 0 Å². The lowest BCUT2D eigenvalue weighted by molar-refractivity contribution is -0.119. The number of para-hydroxylation sites is 1. The number of rotatable bonds is 10. The lowest BCUT2D eigenvalue weighted by Crippen LogP contribution is -2.41. The number of carbonyl (C=O) groups excluding carboxylic acids is 2. The van der Waals surface area contributed by atoms with E-state index >= 15 is 0 Å². The predicted molar refractivity (Wildman–Crippen MR) is 123 cm³/mol. The van der Waals surface area contributed by atoms with Gasteiger partial charge in [0.15, 0.2) is 0 Å². The molecule has 3 aromatic carbocycles. The zero-order valence-corrected chi connectivity index (χ0v) is 17.6. The first-order valence-corrected chi connectivity index (χ1v) is 10.1. The fourth-order valence-corrected chi connectivity index (χ4v) is 3.28. The smallest absolute Gasteiger partial charge is 0.246 e. The van der Waals surface area contributed by atoms with Gasteiger partial charge in [-0.2, -0.15) is 0 Å². The van der Waals surface area contributed by atoms with Crippen molar-refractivity contribution in [2.45, 2.75) is 13.0 Å².